The molecule has 0 bridgehead atoms. The van der Waals surface area contributed by atoms with Crippen LogP contribution in [0.1, 0.15) is 23.2 Å². The van der Waals surface area contributed by atoms with Gasteiger partial charge in [-0.15, -0.1) is 0 Å². The molecule has 1 aliphatic carbocycles. The Bertz CT molecular complexity index is 1510. The number of halogens is 3. The van der Waals surface area contributed by atoms with Gasteiger partial charge in [0.2, 0.25) is 0 Å². The molecule has 0 saturated heterocycles. The SMILES string of the molecule is CNCC1=C[I-]c2ccc(Nc3ncc4c(n3)C3=CC=C(Cl)CC3C(c3ccccc3F)=NC4)cc2N1. The van der Waals surface area contributed by atoms with Crippen molar-refractivity contribution >= 4 is 40.2 Å². The van der Waals surface area contributed by atoms with E-state index in [2.05, 4.69) is 43.2 Å². The normalized spacial score (nSPS) is 18.3. The molecular weight excluding hydrogens is 602 g/mol. The maximum atomic E-state index is 14.8. The third kappa shape index (κ3) is 4.93. The summed E-state index contributed by atoms with van der Waals surface area (Å²) >= 11 is 6.28. The molecule has 6 rings (SSSR count). The van der Waals surface area contributed by atoms with Gasteiger partial charge in [-0.2, -0.15) is 0 Å². The Kier molecular flexibility index (Phi) is 6.79. The minimum atomic E-state index is -0.290. The third-order valence-corrected chi connectivity index (χ3v) is 9.40. The summed E-state index contributed by atoms with van der Waals surface area (Å²) in [5, 5.41) is 10.8. The first-order valence-corrected chi connectivity index (χ1v) is 14.7. The summed E-state index contributed by atoms with van der Waals surface area (Å²) in [5.41, 5.74) is 7.12. The molecule has 2 aromatic carbocycles. The molecule has 2 aliphatic heterocycles. The second-order valence-corrected chi connectivity index (χ2v) is 11.9. The van der Waals surface area contributed by atoms with Crippen LogP contribution in [0, 0.1) is 15.3 Å². The second kappa shape index (κ2) is 10.4. The molecule has 0 radical (unpaired) electrons. The number of allylic oxidation sites excluding steroid dienone is 4. The van der Waals surface area contributed by atoms with Crippen LogP contribution in [0.5, 0.6) is 0 Å². The fourth-order valence-electron chi connectivity index (χ4n) is 4.73. The van der Waals surface area contributed by atoms with Crippen molar-refractivity contribution in [3.8, 4) is 0 Å². The van der Waals surface area contributed by atoms with Gasteiger partial charge in [0.15, 0.2) is 0 Å². The Hall–Kier alpha value is -3.08. The molecule has 3 aliphatic rings. The van der Waals surface area contributed by atoms with Crippen molar-refractivity contribution < 1.29 is 25.6 Å². The number of fused-ring (bicyclic) bond motifs is 4. The summed E-state index contributed by atoms with van der Waals surface area (Å²) in [4.78, 5) is 14.3. The predicted molar refractivity (Wildman–Crippen MR) is 143 cm³/mol. The van der Waals surface area contributed by atoms with Crippen molar-refractivity contribution in [3.05, 3.63) is 102 Å². The van der Waals surface area contributed by atoms with E-state index in [4.69, 9.17) is 21.6 Å². The van der Waals surface area contributed by atoms with Crippen molar-refractivity contribution in [1.82, 2.24) is 15.3 Å². The average molecular weight is 626 g/mol. The van der Waals surface area contributed by atoms with E-state index in [-0.39, 0.29) is 32.9 Å². The first-order chi connectivity index (χ1) is 18.1. The first kappa shape index (κ1) is 24.3. The van der Waals surface area contributed by atoms with Gasteiger partial charge in [-0.25, -0.2) is 4.39 Å². The number of hydrogen-bond acceptors (Lipinski definition) is 6. The van der Waals surface area contributed by atoms with Gasteiger partial charge in [0.25, 0.3) is 0 Å². The molecule has 3 heterocycles. The maximum absolute atomic E-state index is 14.8. The second-order valence-electron chi connectivity index (χ2n) is 8.96. The zero-order chi connectivity index (χ0) is 25.4. The molecular formula is C28H24ClFIN6-. The molecule has 3 aromatic rings. The number of nitrogens with zero attached hydrogens (tertiary/aromatic N) is 3. The van der Waals surface area contributed by atoms with Gasteiger partial charge < -0.3 is 0 Å². The van der Waals surface area contributed by atoms with Crippen LogP contribution in [0.15, 0.2) is 80.6 Å². The van der Waals surface area contributed by atoms with Crippen molar-refractivity contribution in [3.63, 3.8) is 0 Å². The van der Waals surface area contributed by atoms with E-state index in [0.29, 0.717) is 35.2 Å². The fourth-order valence-corrected chi connectivity index (χ4v) is 7.05. The number of aliphatic imine (C=N–C) groups is 1. The molecule has 0 amide bonds. The summed E-state index contributed by atoms with van der Waals surface area (Å²) in [6, 6.07) is 13.1. The van der Waals surface area contributed by atoms with Gasteiger partial charge in [-0.3, -0.25) is 0 Å². The molecule has 1 atom stereocenters. The van der Waals surface area contributed by atoms with E-state index in [1.54, 1.807) is 12.1 Å². The van der Waals surface area contributed by atoms with Crippen LogP contribution in [-0.4, -0.2) is 29.3 Å². The van der Waals surface area contributed by atoms with Gasteiger partial charge in [-0.1, -0.05) is 29.8 Å². The zero-order valence-corrected chi connectivity index (χ0v) is 22.9. The Labute approximate surface area is 230 Å². The molecule has 6 nitrogen and oxygen atoms in total. The van der Waals surface area contributed by atoms with Crippen LogP contribution in [0.2, 0.25) is 0 Å². The summed E-state index contributed by atoms with van der Waals surface area (Å²) in [7, 11) is 1.95. The van der Waals surface area contributed by atoms with E-state index in [1.165, 1.54) is 15.3 Å². The monoisotopic (exact) mass is 625 g/mol. The molecule has 0 saturated carbocycles. The summed E-state index contributed by atoms with van der Waals surface area (Å²) in [6.07, 6.45) is 6.24. The Morgan fingerprint density at radius 2 is 2.08 bits per heavy atom. The van der Waals surface area contributed by atoms with E-state index >= 15 is 0 Å². The Morgan fingerprint density at radius 1 is 1.19 bits per heavy atom. The van der Waals surface area contributed by atoms with E-state index in [9.17, 15) is 4.39 Å². The van der Waals surface area contributed by atoms with Crippen molar-refractivity contribution in [2.24, 2.45) is 10.9 Å². The molecule has 1 unspecified atom stereocenters. The molecule has 0 spiro atoms. The quantitative estimate of drug-likeness (QED) is 0.381. The standard InChI is InChI=1S/C28H24ClFIN6/c1-32-15-19-12-31-24-9-7-18(11-25(24)35-19)36-28-34-14-16-13-33-27(21-4-2-3-5-23(21)30)22-10-17(29)6-8-20(22)26(16)37-28/h2-9,11-12,14,22,32,35H,10,13,15H2,1H3,(H,34,36,37)/q-1. The fraction of sp³-hybridized carbons (Fsp3) is 0.179. The van der Waals surface area contributed by atoms with Crippen LogP contribution in [0.3, 0.4) is 0 Å². The van der Waals surface area contributed by atoms with Crippen LogP contribution >= 0.6 is 11.6 Å². The van der Waals surface area contributed by atoms with E-state index in [1.807, 2.05) is 31.5 Å². The topological polar surface area (TPSA) is 74.2 Å². The van der Waals surface area contributed by atoms with Crippen LogP contribution < -0.4 is 37.2 Å². The number of hydrogen-bond donors (Lipinski definition) is 3. The third-order valence-electron chi connectivity index (χ3n) is 6.44. The van der Waals surface area contributed by atoms with Gasteiger partial charge in [0, 0.05) is 0 Å². The number of likely N-dealkylation sites (N-methyl/N-ethyl adjacent to an activating group) is 1. The summed E-state index contributed by atoms with van der Waals surface area (Å²) in [5.74, 6) is 0.0272. The molecule has 1 aromatic heterocycles. The van der Waals surface area contributed by atoms with Crippen LogP contribution in [-0.2, 0) is 6.54 Å². The van der Waals surface area contributed by atoms with Crippen LogP contribution in [0.4, 0.5) is 21.7 Å². The molecule has 37 heavy (non-hydrogen) atoms. The summed E-state index contributed by atoms with van der Waals surface area (Å²) in [6.45, 7) is 1.19. The van der Waals surface area contributed by atoms with Crippen molar-refractivity contribution in [2.75, 3.05) is 24.2 Å². The van der Waals surface area contributed by atoms with Crippen molar-refractivity contribution in [2.45, 2.75) is 13.0 Å². The number of aromatic nitrogens is 2. The number of rotatable bonds is 5. The number of nitrogens with one attached hydrogen (secondary N) is 3. The van der Waals surface area contributed by atoms with Crippen molar-refractivity contribution in [1.29, 1.82) is 0 Å². The van der Waals surface area contributed by atoms with E-state index < -0.39 is 0 Å². The summed E-state index contributed by atoms with van der Waals surface area (Å²) < 4.78 is 18.5. The average Bonchev–Trinajstić information content (AvgIpc) is 3.05. The van der Waals surface area contributed by atoms with E-state index in [0.717, 1.165) is 34.8 Å². The van der Waals surface area contributed by atoms with Crippen LogP contribution in [0.25, 0.3) is 5.57 Å². The molecule has 9 heteroatoms. The van der Waals surface area contributed by atoms with Gasteiger partial charge >= 0.3 is 185 Å². The number of benzene rings is 2. The first-order valence-electron chi connectivity index (χ1n) is 12.0. The number of anilines is 3. The molecule has 0 fully saturated rings. The molecule has 3 N–H and O–H groups in total. The zero-order valence-electron chi connectivity index (χ0n) is 20.0. The van der Waals surface area contributed by atoms with Gasteiger partial charge in [-0.05, 0) is 6.07 Å². The Balaban J connectivity index is 1.32. The van der Waals surface area contributed by atoms with Gasteiger partial charge in [0.1, 0.15) is 5.82 Å². The Morgan fingerprint density at radius 3 is 2.95 bits per heavy atom. The predicted octanol–water partition coefficient (Wildman–Crippen LogP) is 2.63. The minimum absolute atomic E-state index is 0.168. The van der Waals surface area contributed by atoms with Gasteiger partial charge in [0.05, 0.1) is 0 Å². The molecule has 188 valence electrons.